The number of hydrogen-bond acceptors (Lipinski definition) is 5. The van der Waals surface area contributed by atoms with Gasteiger partial charge in [0.25, 0.3) is 0 Å². The monoisotopic (exact) mass is 331 g/mol. The molecule has 1 amide bonds. The first-order valence-corrected chi connectivity index (χ1v) is 8.59. The Hall–Kier alpha value is -1.92. The number of thiazole rings is 1. The molecule has 0 spiro atoms. The molecule has 0 unspecified atom stereocenters. The largest absolute Gasteiger partial charge is 0.378 e. The second-order valence-corrected chi connectivity index (χ2v) is 6.85. The molecule has 1 aliphatic rings. The summed E-state index contributed by atoms with van der Waals surface area (Å²) in [5.74, 6) is -0.0297. The number of nitrogens with zero attached hydrogens (tertiary/aromatic N) is 2. The molecule has 23 heavy (non-hydrogen) atoms. The summed E-state index contributed by atoms with van der Waals surface area (Å²) in [6.07, 6.45) is 0.362. The zero-order valence-corrected chi connectivity index (χ0v) is 14.3. The third kappa shape index (κ3) is 4.09. The number of aryl methyl sites for hydroxylation is 2. The lowest BCUT2D eigenvalue weighted by Crippen LogP contribution is -2.36. The quantitative estimate of drug-likeness (QED) is 0.936. The van der Waals surface area contributed by atoms with E-state index in [0.717, 1.165) is 42.4 Å². The maximum atomic E-state index is 12.1. The summed E-state index contributed by atoms with van der Waals surface area (Å²) in [4.78, 5) is 19.9. The maximum absolute atomic E-state index is 12.1. The molecule has 0 atom stereocenters. The molecule has 2 aromatic rings. The molecule has 1 saturated heterocycles. The lowest BCUT2D eigenvalue weighted by molar-refractivity contribution is -0.115. The van der Waals surface area contributed by atoms with Crippen LogP contribution in [0.2, 0.25) is 0 Å². The van der Waals surface area contributed by atoms with Crippen LogP contribution in [0.4, 0.5) is 10.8 Å². The van der Waals surface area contributed by atoms with Crippen molar-refractivity contribution in [2.45, 2.75) is 20.3 Å². The van der Waals surface area contributed by atoms with Crippen LogP contribution < -0.4 is 10.2 Å². The van der Waals surface area contributed by atoms with Crippen LogP contribution in [0.5, 0.6) is 0 Å². The smallest absolute Gasteiger partial charge is 0.230 e. The van der Waals surface area contributed by atoms with Gasteiger partial charge in [0.2, 0.25) is 5.91 Å². The van der Waals surface area contributed by atoms with Gasteiger partial charge in [-0.25, -0.2) is 4.98 Å². The minimum Gasteiger partial charge on any atom is -0.378 e. The molecule has 2 heterocycles. The van der Waals surface area contributed by atoms with Crippen molar-refractivity contribution in [2.75, 3.05) is 36.5 Å². The normalized spacial score (nSPS) is 14.8. The molecule has 6 heteroatoms. The third-order valence-corrected chi connectivity index (χ3v) is 4.94. The highest BCUT2D eigenvalue weighted by Crippen LogP contribution is 2.21. The molecule has 122 valence electrons. The molecule has 5 nitrogen and oxygen atoms in total. The van der Waals surface area contributed by atoms with Gasteiger partial charge in [0.05, 0.1) is 25.3 Å². The van der Waals surface area contributed by atoms with E-state index in [0.29, 0.717) is 11.6 Å². The average Bonchev–Trinajstić information content (AvgIpc) is 2.86. The third-order valence-electron chi connectivity index (χ3n) is 3.95. The van der Waals surface area contributed by atoms with Crippen LogP contribution in [0.1, 0.15) is 16.1 Å². The number of ether oxygens (including phenoxy) is 1. The van der Waals surface area contributed by atoms with Gasteiger partial charge in [-0.1, -0.05) is 12.1 Å². The van der Waals surface area contributed by atoms with Crippen molar-refractivity contribution < 1.29 is 9.53 Å². The van der Waals surface area contributed by atoms with Crippen LogP contribution in [0.25, 0.3) is 0 Å². The topological polar surface area (TPSA) is 54.5 Å². The Morgan fingerprint density at radius 3 is 2.57 bits per heavy atom. The number of anilines is 2. The van der Waals surface area contributed by atoms with E-state index in [1.54, 1.807) is 0 Å². The number of aromatic nitrogens is 1. The molecule has 0 aliphatic carbocycles. The zero-order chi connectivity index (χ0) is 16.2. The Balaban J connectivity index is 1.58. The van der Waals surface area contributed by atoms with Gasteiger partial charge in [-0.05, 0) is 31.5 Å². The summed E-state index contributed by atoms with van der Waals surface area (Å²) in [6, 6.07) is 8.18. The average molecular weight is 331 g/mol. The first-order valence-electron chi connectivity index (χ1n) is 7.77. The van der Waals surface area contributed by atoms with E-state index < -0.39 is 0 Å². The molecule has 1 aromatic carbocycles. The Morgan fingerprint density at radius 1 is 1.26 bits per heavy atom. The van der Waals surface area contributed by atoms with Crippen LogP contribution >= 0.6 is 11.3 Å². The van der Waals surface area contributed by atoms with Crippen LogP contribution in [-0.2, 0) is 16.0 Å². The standard InChI is InChI=1S/C17H21N3O2S/c1-12-13(2)23-17(18-12)19-16(21)11-14-3-5-15(6-4-14)20-7-9-22-10-8-20/h3-6H,7-11H2,1-2H3,(H,18,19,21). The van der Waals surface area contributed by atoms with Crippen molar-refractivity contribution in [3.63, 3.8) is 0 Å². The van der Waals surface area contributed by atoms with Crippen molar-refractivity contribution in [2.24, 2.45) is 0 Å². The van der Waals surface area contributed by atoms with E-state index in [1.165, 1.54) is 17.0 Å². The lowest BCUT2D eigenvalue weighted by atomic mass is 10.1. The van der Waals surface area contributed by atoms with E-state index in [2.05, 4.69) is 27.3 Å². The second kappa shape index (κ2) is 7.10. The summed E-state index contributed by atoms with van der Waals surface area (Å²) in [5.41, 5.74) is 3.16. The number of hydrogen-bond donors (Lipinski definition) is 1. The Kier molecular flexibility index (Phi) is 4.93. The molecule has 1 aromatic heterocycles. The van der Waals surface area contributed by atoms with Crippen molar-refractivity contribution in [3.05, 3.63) is 40.4 Å². The first-order chi connectivity index (χ1) is 11.1. The van der Waals surface area contributed by atoms with Crippen LogP contribution in [-0.4, -0.2) is 37.2 Å². The van der Waals surface area contributed by atoms with Gasteiger partial charge >= 0.3 is 0 Å². The summed E-state index contributed by atoms with van der Waals surface area (Å²) >= 11 is 1.51. The van der Waals surface area contributed by atoms with Crippen molar-refractivity contribution in [1.82, 2.24) is 4.98 Å². The molecule has 1 N–H and O–H groups in total. The van der Waals surface area contributed by atoms with Crippen LogP contribution in [0.15, 0.2) is 24.3 Å². The van der Waals surface area contributed by atoms with Crippen molar-refractivity contribution in [3.8, 4) is 0 Å². The summed E-state index contributed by atoms with van der Waals surface area (Å²) in [6.45, 7) is 7.34. The molecule has 0 radical (unpaired) electrons. The number of benzene rings is 1. The fraction of sp³-hybridized carbons (Fsp3) is 0.412. The van der Waals surface area contributed by atoms with Gasteiger partial charge in [0.1, 0.15) is 0 Å². The summed E-state index contributed by atoms with van der Waals surface area (Å²) in [7, 11) is 0. The van der Waals surface area contributed by atoms with Gasteiger partial charge in [-0.3, -0.25) is 4.79 Å². The number of rotatable bonds is 4. The Labute approximate surface area is 140 Å². The van der Waals surface area contributed by atoms with Crippen LogP contribution in [0.3, 0.4) is 0 Å². The van der Waals surface area contributed by atoms with E-state index in [-0.39, 0.29) is 5.91 Å². The van der Waals surface area contributed by atoms with Gasteiger partial charge in [0, 0.05) is 23.7 Å². The number of carbonyl (C=O) groups is 1. The fourth-order valence-electron chi connectivity index (χ4n) is 2.52. The molecule has 0 bridgehead atoms. The lowest BCUT2D eigenvalue weighted by Gasteiger charge is -2.28. The fourth-order valence-corrected chi connectivity index (χ4v) is 3.35. The highest BCUT2D eigenvalue weighted by atomic mass is 32.1. The Morgan fingerprint density at radius 2 is 1.96 bits per heavy atom. The Bertz CT molecular complexity index is 656. The number of nitrogens with one attached hydrogen (secondary N) is 1. The summed E-state index contributed by atoms with van der Waals surface area (Å²) in [5, 5.41) is 3.55. The highest BCUT2D eigenvalue weighted by Gasteiger charge is 2.12. The predicted molar refractivity (Wildman–Crippen MR) is 93.4 cm³/mol. The van der Waals surface area contributed by atoms with Crippen LogP contribution in [0, 0.1) is 13.8 Å². The second-order valence-electron chi connectivity index (χ2n) is 5.65. The van der Waals surface area contributed by atoms with E-state index in [4.69, 9.17) is 4.74 Å². The number of morpholine rings is 1. The molecule has 0 saturated carbocycles. The minimum atomic E-state index is -0.0297. The van der Waals surface area contributed by atoms with Gasteiger partial charge in [-0.2, -0.15) is 0 Å². The van der Waals surface area contributed by atoms with Gasteiger partial charge in [-0.15, -0.1) is 11.3 Å². The highest BCUT2D eigenvalue weighted by molar-refractivity contribution is 7.15. The number of carbonyl (C=O) groups excluding carboxylic acids is 1. The molecule has 3 rings (SSSR count). The maximum Gasteiger partial charge on any atom is 0.230 e. The molecule has 1 fully saturated rings. The summed E-state index contributed by atoms with van der Waals surface area (Å²) < 4.78 is 5.36. The first kappa shape index (κ1) is 16.0. The molecular weight excluding hydrogens is 310 g/mol. The predicted octanol–water partition coefficient (Wildman–Crippen LogP) is 2.78. The van der Waals surface area contributed by atoms with Crippen molar-refractivity contribution in [1.29, 1.82) is 0 Å². The van der Waals surface area contributed by atoms with E-state index >= 15 is 0 Å². The molecule has 1 aliphatic heterocycles. The number of amides is 1. The van der Waals surface area contributed by atoms with E-state index in [1.807, 2.05) is 26.0 Å². The van der Waals surface area contributed by atoms with E-state index in [9.17, 15) is 4.79 Å². The minimum absolute atomic E-state index is 0.0297. The van der Waals surface area contributed by atoms with Gasteiger partial charge in [0.15, 0.2) is 5.13 Å². The molecular formula is C17H21N3O2S. The van der Waals surface area contributed by atoms with Crippen molar-refractivity contribution >= 4 is 28.1 Å². The SMILES string of the molecule is Cc1nc(NC(=O)Cc2ccc(N3CCOCC3)cc2)sc1C. The van der Waals surface area contributed by atoms with Gasteiger partial charge < -0.3 is 15.0 Å². The zero-order valence-electron chi connectivity index (χ0n) is 13.5.